The van der Waals surface area contributed by atoms with Gasteiger partial charge in [-0.2, -0.15) is 0 Å². The summed E-state index contributed by atoms with van der Waals surface area (Å²) in [6.45, 7) is 0. The van der Waals surface area contributed by atoms with Crippen molar-refractivity contribution in [1.82, 2.24) is 4.98 Å². The zero-order chi connectivity index (χ0) is 27.6. The SMILES string of the molecule is c1ccc(-c2nc3ccc4oc5cc(N(c6ccccc6)c6cccc7oc8ccccc8c67)ccc5c4c3o2)cc1. The molecule has 198 valence electrons. The van der Waals surface area contributed by atoms with Crippen LogP contribution in [0.1, 0.15) is 0 Å². The maximum atomic E-state index is 6.45. The molecular weight excluding hydrogens is 520 g/mol. The van der Waals surface area contributed by atoms with Crippen molar-refractivity contribution in [2.24, 2.45) is 0 Å². The second-order valence-electron chi connectivity index (χ2n) is 10.4. The van der Waals surface area contributed by atoms with Crippen molar-refractivity contribution in [3.63, 3.8) is 0 Å². The Hall–Kier alpha value is -5.81. The first-order valence-electron chi connectivity index (χ1n) is 13.9. The van der Waals surface area contributed by atoms with Crippen molar-refractivity contribution in [3.8, 4) is 11.5 Å². The van der Waals surface area contributed by atoms with E-state index in [1.165, 1.54) is 0 Å². The number of fused-ring (bicyclic) bond motifs is 8. The topological polar surface area (TPSA) is 55.6 Å². The third-order valence-corrected chi connectivity index (χ3v) is 7.89. The van der Waals surface area contributed by atoms with Gasteiger partial charge in [0.1, 0.15) is 27.8 Å². The fraction of sp³-hybridized carbons (Fsp3) is 0. The number of para-hydroxylation sites is 2. The van der Waals surface area contributed by atoms with Crippen LogP contribution in [0.5, 0.6) is 0 Å². The molecule has 0 saturated carbocycles. The summed E-state index contributed by atoms with van der Waals surface area (Å²) < 4.78 is 19.0. The molecule has 0 radical (unpaired) electrons. The molecule has 0 aliphatic rings. The Morgan fingerprint density at radius 1 is 0.476 bits per heavy atom. The van der Waals surface area contributed by atoms with E-state index in [0.717, 1.165) is 77.6 Å². The molecule has 9 rings (SSSR count). The Bertz CT molecular complexity index is 2420. The molecule has 42 heavy (non-hydrogen) atoms. The van der Waals surface area contributed by atoms with Crippen LogP contribution in [-0.4, -0.2) is 4.98 Å². The highest BCUT2D eigenvalue weighted by Crippen LogP contribution is 2.44. The normalized spacial score (nSPS) is 11.8. The van der Waals surface area contributed by atoms with Gasteiger partial charge >= 0.3 is 0 Å². The molecule has 3 aromatic heterocycles. The number of aromatic nitrogens is 1. The smallest absolute Gasteiger partial charge is 0.227 e. The predicted molar refractivity (Wildman–Crippen MR) is 169 cm³/mol. The molecule has 0 unspecified atom stereocenters. The Labute approximate surface area is 239 Å². The van der Waals surface area contributed by atoms with E-state index < -0.39 is 0 Å². The highest BCUT2D eigenvalue weighted by molar-refractivity contribution is 6.17. The van der Waals surface area contributed by atoms with Gasteiger partial charge in [0.2, 0.25) is 5.89 Å². The first kappa shape index (κ1) is 22.9. The number of nitrogens with zero attached hydrogens (tertiary/aromatic N) is 2. The second kappa shape index (κ2) is 8.85. The number of rotatable bonds is 4. The van der Waals surface area contributed by atoms with Gasteiger partial charge in [-0.15, -0.1) is 0 Å². The zero-order valence-electron chi connectivity index (χ0n) is 22.3. The molecule has 5 nitrogen and oxygen atoms in total. The fourth-order valence-corrected chi connectivity index (χ4v) is 6.02. The van der Waals surface area contributed by atoms with Gasteiger partial charge in [-0.25, -0.2) is 4.98 Å². The lowest BCUT2D eigenvalue weighted by atomic mass is 10.1. The van der Waals surface area contributed by atoms with Crippen LogP contribution in [0.2, 0.25) is 0 Å². The van der Waals surface area contributed by atoms with Crippen LogP contribution < -0.4 is 4.90 Å². The summed E-state index contributed by atoms with van der Waals surface area (Å²) in [5, 5.41) is 4.06. The lowest BCUT2D eigenvalue weighted by molar-refractivity contribution is 0.622. The maximum Gasteiger partial charge on any atom is 0.227 e. The number of furan rings is 2. The van der Waals surface area contributed by atoms with Crippen LogP contribution in [0.4, 0.5) is 17.1 Å². The van der Waals surface area contributed by atoms with Gasteiger partial charge < -0.3 is 18.2 Å². The van der Waals surface area contributed by atoms with E-state index in [1.807, 2.05) is 72.8 Å². The molecule has 0 saturated heterocycles. The third kappa shape index (κ3) is 3.40. The van der Waals surface area contributed by atoms with Crippen LogP contribution in [0.3, 0.4) is 0 Å². The molecule has 3 heterocycles. The summed E-state index contributed by atoms with van der Waals surface area (Å²) >= 11 is 0. The molecule has 0 bridgehead atoms. The van der Waals surface area contributed by atoms with Gasteiger partial charge in [0, 0.05) is 33.8 Å². The van der Waals surface area contributed by atoms with E-state index >= 15 is 0 Å². The quantitative estimate of drug-likeness (QED) is 0.221. The van der Waals surface area contributed by atoms with Gasteiger partial charge in [0.15, 0.2) is 5.58 Å². The van der Waals surface area contributed by atoms with Gasteiger partial charge in [-0.05, 0) is 66.7 Å². The summed E-state index contributed by atoms with van der Waals surface area (Å²) in [7, 11) is 0. The van der Waals surface area contributed by atoms with Gasteiger partial charge in [0.25, 0.3) is 0 Å². The number of hydrogen-bond donors (Lipinski definition) is 0. The fourth-order valence-electron chi connectivity index (χ4n) is 6.02. The van der Waals surface area contributed by atoms with Gasteiger partial charge in [-0.1, -0.05) is 60.7 Å². The first-order chi connectivity index (χ1) is 20.8. The predicted octanol–water partition coefficient (Wildman–Crippen LogP) is 10.8. The number of benzene rings is 6. The van der Waals surface area contributed by atoms with Crippen LogP contribution in [0, 0.1) is 0 Å². The Kier molecular flexibility index (Phi) is 4.83. The minimum Gasteiger partial charge on any atom is -0.456 e. The summed E-state index contributed by atoms with van der Waals surface area (Å²) in [4.78, 5) is 7.03. The van der Waals surface area contributed by atoms with Crippen molar-refractivity contribution in [2.75, 3.05) is 4.90 Å². The molecule has 0 aliphatic carbocycles. The van der Waals surface area contributed by atoms with E-state index in [0.29, 0.717) is 5.89 Å². The van der Waals surface area contributed by atoms with Crippen LogP contribution >= 0.6 is 0 Å². The number of hydrogen-bond acceptors (Lipinski definition) is 5. The van der Waals surface area contributed by atoms with Gasteiger partial charge in [-0.3, -0.25) is 0 Å². The first-order valence-corrected chi connectivity index (χ1v) is 13.9. The largest absolute Gasteiger partial charge is 0.456 e. The monoisotopic (exact) mass is 542 g/mol. The lowest BCUT2D eigenvalue weighted by Crippen LogP contribution is -2.10. The average molecular weight is 543 g/mol. The van der Waals surface area contributed by atoms with E-state index in [2.05, 4.69) is 65.6 Å². The average Bonchev–Trinajstić information content (AvgIpc) is 3.75. The molecule has 0 fully saturated rings. The molecule has 0 amide bonds. The molecular formula is C37H22N2O3. The third-order valence-electron chi connectivity index (χ3n) is 7.89. The second-order valence-corrected chi connectivity index (χ2v) is 10.4. The molecule has 5 heteroatoms. The summed E-state index contributed by atoms with van der Waals surface area (Å²) in [5.41, 5.74) is 8.77. The maximum absolute atomic E-state index is 6.45. The van der Waals surface area contributed by atoms with Crippen molar-refractivity contribution in [3.05, 3.63) is 133 Å². The molecule has 9 aromatic rings. The lowest BCUT2D eigenvalue weighted by Gasteiger charge is -2.26. The molecule has 0 aliphatic heterocycles. The van der Waals surface area contributed by atoms with Crippen LogP contribution in [0.25, 0.3) is 66.4 Å². The summed E-state index contributed by atoms with van der Waals surface area (Å²) in [5.74, 6) is 0.597. The minimum absolute atomic E-state index is 0.597. The van der Waals surface area contributed by atoms with E-state index in [1.54, 1.807) is 0 Å². The number of oxazole rings is 1. The summed E-state index contributed by atoms with van der Waals surface area (Å²) in [6.07, 6.45) is 0. The highest BCUT2D eigenvalue weighted by atomic mass is 16.4. The van der Waals surface area contributed by atoms with Gasteiger partial charge in [0.05, 0.1) is 16.5 Å². The van der Waals surface area contributed by atoms with E-state index in [-0.39, 0.29) is 0 Å². The highest BCUT2D eigenvalue weighted by Gasteiger charge is 2.21. The minimum atomic E-state index is 0.597. The van der Waals surface area contributed by atoms with Crippen LogP contribution in [-0.2, 0) is 0 Å². The number of anilines is 3. The Morgan fingerprint density at radius 3 is 2.07 bits per heavy atom. The van der Waals surface area contributed by atoms with Crippen molar-refractivity contribution < 1.29 is 13.3 Å². The standard InChI is InChI=1S/C37H22N2O3/c1-3-10-23(11-4-1)37-38-28-20-21-32-35(36(28)42-37)27-19-18-25(22-33(27)41-32)39(24-12-5-2-6-13-24)29-15-9-17-31-34(29)26-14-7-8-16-30(26)40-31/h1-22H. The van der Waals surface area contributed by atoms with Crippen LogP contribution in [0.15, 0.2) is 147 Å². The molecule has 6 aromatic carbocycles. The van der Waals surface area contributed by atoms with E-state index in [4.69, 9.17) is 18.2 Å². The Morgan fingerprint density at radius 2 is 1.19 bits per heavy atom. The molecule has 0 N–H and O–H groups in total. The summed E-state index contributed by atoms with van der Waals surface area (Å²) in [6, 6.07) is 45.0. The zero-order valence-corrected chi connectivity index (χ0v) is 22.3. The Balaban J connectivity index is 1.27. The van der Waals surface area contributed by atoms with Crippen molar-refractivity contribution in [1.29, 1.82) is 0 Å². The van der Waals surface area contributed by atoms with E-state index in [9.17, 15) is 0 Å². The molecule has 0 spiro atoms. The van der Waals surface area contributed by atoms with Crippen molar-refractivity contribution >= 4 is 72.0 Å². The van der Waals surface area contributed by atoms with Crippen molar-refractivity contribution in [2.45, 2.75) is 0 Å². The molecule has 0 atom stereocenters.